The third-order valence-electron chi connectivity index (χ3n) is 4.72. The van der Waals surface area contributed by atoms with Crippen LogP contribution in [0.4, 0.5) is 4.79 Å². The van der Waals surface area contributed by atoms with Gasteiger partial charge in [-0.3, -0.25) is 4.90 Å². The van der Waals surface area contributed by atoms with Crippen molar-refractivity contribution in [2.24, 2.45) is 5.41 Å². The summed E-state index contributed by atoms with van der Waals surface area (Å²) in [4.78, 5) is 14.2. The molecule has 0 aromatic carbocycles. The molecule has 1 heterocycles. The summed E-state index contributed by atoms with van der Waals surface area (Å²) in [5, 5.41) is 5.95. The number of rotatable bonds is 7. The molecule has 0 bridgehead atoms. The molecule has 5 nitrogen and oxygen atoms in total. The predicted molar refractivity (Wildman–Crippen MR) is 84.4 cm³/mol. The maximum atomic E-state index is 11.8. The number of nitrogens with zero attached hydrogens (tertiary/aromatic N) is 1. The Labute approximate surface area is 128 Å². The molecule has 2 N–H and O–H groups in total. The molecule has 1 saturated carbocycles. The second-order valence-corrected chi connectivity index (χ2v) is 6.50. The van der Waals surface area contributed by atoms with E-state index in [1.165, 1.54) is 12.0 Å². The van der Waals surface area contributed by atoms with Crippen LogP contribution in [0.5, 0.6) is 0 Å². The van der Waals surface area contributed by atoms with Crippen LogP contribution in [0.1, 0.15) is 32.6 Å². The van der Waals surface area contributed by atoms with E-state index in [-0.39, 0.29) is 11.4 Å². The molecule has 0 spiro atoms. The lowest BCUT2D eigenvalue weighted by Crippen LogP contribution is -2.48. The molecule has 0 aromatic rings. The fourth-order valence-electron chi connectivity index (χ4n) is 3.03. The number of amides is 2. The number of carbonyl (C=O) groups is 1. The molecule has 1 aliphatic carbocycles. The fraction of sp³-hybridized carbons (Fsp3) is 0.812. The van der Waals surface area contributed by atoms with Gasteiger partial charge < -0.3 is 15.4 Å². The molecular weight excluding hydrogens is 266 g/mol. The second kappa shape index (κ2) is 7.80. The Hall–Kier alpha value is -1.07. The average molecular weight is 295 g/mol. The minimum atomic E-state index is -0.0545. The minimum absolute atomic E-state index is 0.0545. The number of hydrogen-bond donors (Lipinski definition) is 2. The van der Waals surface area contributed by atoms with Crippen molar-refractivity contribution in [2.75, 3.05) is 46.4 Å². The van der Waals surface area contributed by atoms with E-state index >= 15 is 0 Å². The summed E-state index contributed by atoms with van der Waals surface area (Å²) in [6.07, 6.45) is 6.97. The largest absolute Gasteiger partial charge is 0.384 e. The number of carbonyl (C=O) groups excluding carboxylic acids is 1. The highest BCUT2D eigenvalue weighted by Crippen LogP contribution is 2.40. The monoisotopic (exact) mass is 295 g/mol. The molecule has 0 radical (unpaired) electrons. The van der Waals surface area contributed by atoms with E-state index < -0.39 is 0 Å². The highest BCUT2D eigenvalue weighted by Gasteiger charge is 2.37. The van der Waals surface area contributed by atoms with Gasteiger partial charge in [0.05, 0.1) is 6.61 Å². The smallest absolute Gasteiger partial charge is 0.314 e. The van der Waals surface area contributed by atoms with Crippen LogP contribution in [0, 0.1) is 5.41 Å². The third-order valence-corrected chi connectivity index (χ3v) is 4.72. The third kappa shape index (κ3) is 5.00. The van der Waals surface area contributed by atoms with Gasteiger partial charge in [-0.1, -0.05) is 18.1 Å². The van der Waals surface area contributed by atoms with E-state index in [4.69, 9.17) is 4.74 Å². The van der Waals surface area contributed by atoms with Gasteiger partial charge in [0.1, 0.15) is 0 Å². The van der Waals surface area contributed by atoms with Crippen LogP contribution >= 0.6 is 0 Å². The van der Waals surface area contributed by atoms with Gasteiger partial charge >= 0.3 is 6.03 Å². The van der Waals surface area contributed by atoms with E-state index in [1.54, 1.807) is 7.11 Å². The van der Waals surface area contributed by atoms with Crippen molar-refractivity contribution in [1.29, 1.82) is 0 Å². The summed E-state index contributed by atoms with van der Waals surface area (Å²) >= 11 is 0. The first-order valence-corrected chi connectivity index (χ1v) is 8.02. The number of methoxy groups -OCH3 is 1. The molecule has 0 atom stereocenters. The Morgan fingerprint density at radius 1 is 1.43 bits per heavy atom. The Balaban J connectivity index is 1.57. The van der Waals surface area contributed by atoms with E-state index in [0.717, 1.165) is 52.0 Å². The van der Waals surface area contributed by atoms with E-state index in [9.17, 15) is 4.79 Å². The number of ether oxygens (including phenoxy) is 1. The summed E-state index contributed by atoms with van der Waals surface area (Å²) in [6, 6.07) is -0.0545. The van der Waals surface area contributed by atoms with Crippen molar-refractivity contribution >= 4 is 6.03 Å². The first-order chi connectivity index (χ1) is 10.1. The summed E-state index contributed by atoms with van der Waals surface area (Å²) in [7, 11) is 1.73. The van der Waals surface area contributed by atoms with Crippen LogP contribution in [0.25, 0.3) is 0 Å². The molecule has 5 heteroatoms. The molecule has 2 rings (SSSR count). The highest BCUT2D eigenvalue weighted by atomic mass is 16.5. The molecule has 0 saturated heterocycles. The van der Waals surface area contributed by atoms with Gasteiger partial charge in [-0.25, -0.2) is 4.79 Å². The van der Waals surface area contributed by atoms with Gasteiger partial charge in [0, 0.05) is 45.2 Å². The predicted octanol–water partition coefficient (Wildman–Crippen LogP) is 1.75. The SMILES string of the molecule is COCC1(CNC(=O)NCCN2CC=C(C)CC2)CCC1. The summed E-state index contributed by atoms with van der Waals surface area (Å²) in [6.45, 7) is 7.37. The first-order valence-electron chi connectivity index (χ1n) is 8.02. The van der Waals surface area contributed by atoms with Gasteiger partial charge in [-0.2, -0.15) is 0 Å². The van der Waals surface area contributed by atoms with Crippen LogP contribution in [-0.2, 0) is 4.74 Å². The number of nitrogens with one attached hydrogen (secondary N) is 2. The molecule has 21 heavy (non-hydrogen) atoms. The van der Waals surface area contributed by atoms with Crippen LogP contribution in [0.3, 0.4) is 0 Å². The van der Waals surface area contributed by atoms with Gasteiger partial charge in [-0.15, -0.1) is 0 Å². The Morgan fingerprint density at radius 3 is 2.81 bits per heavy atom. The Bertz CT molecular complexity index is 378. The lowest BCUT2D eigenvalue weighted by molar-refractivity contribution is 0.0200. The second-order valence-electron chi connectivity index (χ2n) is 6.50. The van der Waals surface area contributed by atoms with Crippen molar-refractivity contribution in [3.63, 3.8) is 0 Å². The van der Waals surface area contributed by atoms with Gasteiger partial charge in [-0.05, 0) is 26.2 Å². The molecule has 0 aromatic heterocycles. The van der Waals surface area contributed by atoms with Crippen molar-refractivity contribution in [3.05, 3.63) is 11.6 Å². The van der Waals surface area contributed by atoms with Crippen molar-refractivity contribution < 1.29 is 9.53 Å². The number of urea groups is 1. The summed E-state index contributed by atoms with van der Waals surface area (Å²) in [5.41, 5.74) is 1.65. The Morgan fingerprint density at radius 2 is 2.24 bits per heavy atom. The molecular formula is C16H29N3O2. The number of hydrogen-bond acceptors (Lipinski definition) is 3. The molecule has 2 amide bonds. The zero-order valence-corrected chi connectivity index (χ0v) is 13.4. The molecule has 2 aliphatic rings. The lowest BCUT2D eigenvalue weighted by atomic mass is 9.69. The lowest BCUT2D eigenvalue weighted by Gasteiger charge is -2.41. The maximum absolute atomic E-state index is 11.8. The van der Waals surface area contributed by atoms with Crippen LogP contribution < -0.4 is 10.6 Å². The van der Waals surface area contributed by atoms with E-state index in [0.29, 0.717) is 6.54 Å². The quantitative estimate of drug-likeness (QED) is 0.704. The molecule has 0 unspecified atom stereocenters. The van der Waals surface area contributed by atoms with Crippen molar-refractivity contribution in [2.45, 2.75) is 32.6 Å². The van der Waals surface area contributed by atoms with E-state index in [1.807, 2.05) is 0 Å². The highest BCUT2D eigenvalue weighted by molar-refractivity contribution is 5.73. The maximum Gasteiger partial charge on any atom is 0.314 e. The van der Waals surface area contributed by atoms with E-state index in [2.05, 4.69) is 28.5 Å². The fourth-order valence-corrected chi connectivity index (χ4v) is 3.03. The van der Waals surface area contributed by atoms with Crippen LogP contribution in [-0.4, -0.2) is 57.4 Å². The summed E-state index contributed by atoms with van der Waals surface area (Å²) in [5.74, 6) is 0. The minimum Gasteiger partial charge on any atom is -0.384 e. The van der Waals surface area contributed by atoms with Gasteiger partial charge in [0.25, 0.3) is 0 Å². The molecule has 1 aliphatic heterocycles. The van der Waals surface area contributed by atoms with Crippen LogP contribution in [0.2, 0.25) is 0 Å². The zero-order valence-electron chi connectivity index (χ0n) is 13.4. The first kappa shape index (κ1) is 16.3. The van der Waals surface area contributed by atoms with Crippen LogP contribution in [0.15, 0.2) is 11.6 Å². The van der Waals surface area contributed by atoms with Gasteiger partial charge in [0.15, 0.2) is 0 Å². The molecule has 120 valence electrons. The zero-order chi connectivity index (χ0) is 15.1. The average Bonchev–Trinajstić information content (AvgIpc) is 2.44. The topological polar surface area (TPSA) is 53.6 Å². The van der Waals surface area contributed by atoms with Crippen molar-refractivity contribution in [3.8, 4) is 0 Å². The molecule has 1 fully saturated rings. The Kier molecular flexibility index (Phi) is 6.06. The normalized spacial score (nSPS) is 21.3. The van der Waals surface area contributed by atoms with Gasteiger partial charge in [0.2, 0.25) is 0 Å². The van der Waals surface area contributed by atoms with Crippen molar-refractivity contribution in [1.82, 2.24) is 15.5 Å². The standard InChI is InChI=1S/C16H29N3O2/c1-14-4-9-19(10-5-14)11-8-17-15(20)18-12-16(13-21-2)6-3-7-16/h4H,3,5-13H2,1-2H3,(H2,17,18,20). The summed E-state index contributed by atoms with van der Waals surface area (Å²) < 4.78 is 5.27.